The average Bonchev–Trinajstić information content (AvgIpc) is 3.45. The number of hydrogen-bond donors (Lipinski definition) is 1. The standard InChI is InChI=1S/C23H25N7O2/c1-16(2)27-20(31)14-30-18-5-3-8-26-21(18)29-11-4-6-19(29)23(30)7-12-28(15-23)22(32)17-13-24-9-10-25-17/h3-6,8-11,13,16H,7,12,14-15H2,1-2H3,(H,27,31)/t23-/m1/s1. The van der Waals surface area contributed by atoms with E-state index in [0.29, 0.717) is 25.2 Å². The summed E-state index contributed by atoms with van der Waals surface area (Å²) in [6.07, 6.45) is 8.99. The first-order valence-corrected chi connectivity index (χ1v) is 10.7. The van der Waals surface area contributed by atoms with Gasteiger partial charge in [-0.1, -0.05) is 0 Å². The first kappa shape index (κ1) is 20.2. The average molecular weight is 432 g/mol. The molecule has 1 spiro atoms. The van der Waals surface area contributed by atoms with Gasteiger partial charge in [0, 0.05) is 43.9 Å². The lowest BCUT2D eigenvalue weighted by atomic mass is 9.88. The summed E-state index contributed by atoms with van der Waals surface area (Å²) < 4.78 is 2.07. The summed E-state index contributed by atoms with van der Waals surface area (Å²) in [5, 5.41) is 3.00. The van der Waals surface area contributed by atoms with Crippen LogP contribution in [0.25, 0.3) is 5.82 Å². The summed E-state index contributed by atoms with van der Waals surface area (Å²) in [4.78, 5) is 42.8. The Kier molecular flexibility index (Phi) is 4.88. The van der Waals surface area contributed by atoms with Crippen LogP contribution in [0.15, 0.2) is 55.2 Å². The van der Waals surface area contributed by atoms with Crippen LogP contribution >= 0.6 is 0 Å². The van der Waals surface area contributed by atoms with Crippen LogP contribution in [-0.4, -0.2) is 61.9 Å². The molecule has 0 bridgehead atoms. The predicted molar refractivity (Wildman–Crippen MR) is 118 cm³/mol. The summed E-state index contributed by atoms with van der Waals surface area (Å²) in [6.45, 7) is 5.06. The zero-order chi connectivity index (χ0) is 22.3. The van der Waals surface area contributed by atoms with Gasteiger partial charge in [0.05, 0.1) is 24.1 Å². The molecule has 0 unspecified atom stereocenters. The number of fused-ring (bicyclic) bond motifs is 4. The number of pyridine rings is 1. The van der Waals surface area contributed by atoms with Crippen LogP contribution in [0.3, 0.4) is 0 Å². The van der Waals surface area contributed by atoms with Crippen molar-refractivity contribution in [3.05, 3.63) is 66.6 Å². The second-order valence-corrected chi connectivity index (χ2v) is 8.52. The third-order valence-corrected chi connectivity index (χ3v) is 6.10. The third-order valence-electron chi connectivity index (χ3n) is 6.10. The second kappa shape index (κ2) is 7.74. The quantitative estimate of drug-likeness (QED) is 0.676. The second-order valence-electron chi connectivity index (χ2n) is 8.52. The molecule has 0 aromatic carbocycles. The molecule has 3 aromatic heterocycles. The van der Waals surface area contributed by atoms with Crippen LogP contribution in [0.2, 0.25) is 0 Å². The molecule has 0 radical (unpaired) electrons. The van der Waals surface area contributed by atoms with Crippen molar-refractivity contribution >= 4 is 17.5 Å². The summed E-state index contributed by atoms with van der Waals surface area (Å²) in [5.41, 5.74) is 1.67. The number of anilines is 1. The van der Waals surface area contributed by atoms with Gasteiger partial charge in [-0.25, -0.2) is 9.97 Å². The van der Waals surface area contributed by atoms with Crippen molar-refractivity contribution in [1.82, 2.24) is 29.7 Å². The molecule has 1 fully saturated rings. The minimum atomic E-state index is -0.550. The minimum Gasteiger partial charge on any atom is -0.352 e. The molecule has 9 heteroatoms. The Morgan fingerprint density at radius 3 is 2.81 bits per heavy atom. The van der Waals surface area contributed by atoms with Gasteiger partial charge in [0.25, 0.3) is 5.91 Å². The lowest BCUT2D eigenvalue weighted by molar-refractivity contribution is -0.120. The van der Waals surface area contributed by atoms with Gasteiger partial charge in [0.2, 0.25) is 5.91 Å². The van der Waals surface area contributed by atoms with Crippen molar-refractivity contribution in [3.8, 4) is 5.82 Å². The molecule has 5 heterocycles. The van der Waals surface area contributed by atoms with Gasteiger partial charge in [0.1, 0.15) is 11.2 Å². The molecule has 0 saturated carbocycles. The number of nitrogens with zero attached hydrogens (tertiary/aromatic N) is 6. The number of nitrogens with one attached hydrogen (secondary N) is 1. The van der Waals surface area contributed by atoms with E-state index in [4.69, 9.17) is 0 Å². The highest BCUT2D eigenvalue weighted by Gasteiger charge is 2.51. The van der Waals surface area contributed by atoms with Crippen molar-refractivity contribution in [2.24, 2.45) is 0 Å². The highest BCUT2D eigenvalue weighted by molar-refractivity contribution is 5.92. The smallest absolute Gasteiger partial charge is 0.274 e. The summed E-state index contributed by atoms with van der Waals surface area (Å²) in [7, 11) is 0. The molecule has 2 aliphatic heterocycles. The van der Waals surface area contributed by atoms with Crippen molar-refractivity contribution in [1.29, 1.82) is 0 Å². The molecule has 5 rings (SSSR count). The van der Waals surface area contributed by atoms with E-state index in [9.17, 15) is 9.59 Å². The molecule has 1 N–H and O–H groups in total. The van der Waals surface area contributed by atoms with Crippen molar-refractivity contribution in [2.75, 3.05) is 24.5 Å². The molecule has 1 atom stereocenters. The fourth-order valence-corrected chi connectivity index (χ4v) is 4.81. The van der Waals surface area contributed by atoms with Gasteiger partial charge in [-0.15, -0.1) is 0 Å². The summed E-state index contributed by atoms with van der Waals surface area (Å²) >= 11 is 0. The zero-order valence-electron chi connectivity index (χ0n) is 18.1. The van der Waals surface area contributed by atoms with E-state index in [0.717, 1.165) is 17.2 Å². The predicted octanol–water partition coefficient (Wildman–Crippen LogP) is 1.75. The molecule has 32 heavy (non-hydrogen) atoms. The zero-order valence-corrected chi connectivity index (χ0v) is 18.1. The Labute approximate surface area is 186 Å². The molecule has 2 aliphatic rings. The van der Waals surface area contributed by atoms with Crippen LogP contribution < -0.4 is 10.2 Å². The highest BCUT2D eigenvalue weighted by Crippen LogP contribution is 2.46. The largest absolute Gasteiger partial charge is 0.352 e. The fourth-order valence-electron chi connectivity index (χ4n) is 4.81. The summed E-state index contributed by atoms with van der Waals surface area (Å²) in [5.74, 6) is 0.568. The maximum atomic E-state index is 13.1. The minimum absolute atomic E-state index is 0.0405. The topological polar surface area (TPSA) is 96.2 Å². The monoisotopic (exact) mass is 431 g/mol. The van der Waals surface area contributed by atoms with Crippen LogP contribution in [0.1, 0.15) is 36.5 Å². The van der Waals surface area contributed by atoms with Crippen LogP contribution in [0.5, 0.6) is 0 Å². The van der Waals surface area contributed by atoms with Gasteiger partial charge in [-0.3, -0.25) is 14.6 Å². The van der Waals surface area contributed by atoms with E-state index >= 15 is 0 Å². The Balaban J connectivity index is 1.56. The Hall–Kier alpha value is -3.75. The number of amides is 2. The van der Waals surface area contributed by atoms with Gasteiger partial charge in [0.15, 0.2) is 5.82 Å². The number of carbonyl (C=O) groups is 2. The van der Waals surface area contributed by atoms with Crippen molar-refractivity contribution in [2.45, 2.75) is 31.8 Å². The SMILES string of the molecule is CC(C)NC(=O)CN1c2cccnc2-n2cccc2[C@]12CCN(C(=O)c1cnccn1)C2. The van der Waals surface area contributed by atoms with Gasteiger partial charge >= 0.3 is 0 Å². The molecular weight excluding hydrogens is 406 g/mol. The van der Waals surface area contributed by atoms with E-state index in [1.165, 1.54) is 12.4 Å². The first-order chi connectivity index (χ1) is 15.5. The van der Waals surface area contributed by atoms with E-state index in [-0.39, 0.29) is 24.4 Å². The maximum absolute atomic E-state index is 13.1. The van der Waals surface area contributed by atoms with E-state index in [2.05, 4.69) is 35.8 Å². The molecule has 1 saturated heterocycles. The maximum Gasteiger partial charge on any atom is 0.274 e. The van der Waals surface area contributed by atoms with Gasteiger partial charge in [-0.05, 0) is 44.5 Å². The number of carbonyl (C=O) groups excluding carboxylic acids is 2. The number of aromatic nitrogens is 4. The number of hydrogen-bond acceptors (Lipinski definition) is 6. The van der Waals surface area contributed by atoms with Crippen molar-refractivity contribution < 1.29 is 9.59 Å². The molecule has 0 aliphatic carbocycles. The van der Waals surface area contributed by atoms with Crippen LogP contribution in [0.4, 0.5) is 5.69 Å². The molecular formula is C23H25N7O2. The summed E-state index contributed by atoms with van der Waals surface area (Å²) in [6, 6.07) is 7.95. The third kappa shape index (κ3) is 3.21. The Morgan fingerprint density at radius 2 is 2.03 bits per heavy atom. The molecule has 164 valence electrons. The van der Waals surface area contributed by atoms with Gasteiger partial charge in [-0.2, -0.15) is 0 Å². The molecule has 3 aromatic rings. The molecule has 2 amide bonds. The normalized spacial score (nSPS) is 19.2. The first-order valence-electron chi connectivity index (χ1n) is 10.7. The lowest BCUT2D eigenvalue weighted by Crippen LogP contribution is -2.56. The van der Waals surface area contributed by atoms with Crippen LogP contribution in [0, 0.1) is 0 Å². The van der Waals surface area contributed by atoms with Gasteiger partial charge < -0.3 is 19.7 Å². The molecule has 9 nitrogen and oxygen atoms in total. The fraction of sp³-hybridized carbons (Fsp3) is 0.348. The van der Waals surface area contributed by atoms with Crippen molar-refractivity contribution in [3.63, 3.8) is 0 Å². The number of rotatable bonds is 4. The Morgan fingerprint density at radius 1 is 1.16 bits per heavy atom. The highest BCUT2D eigenvalue weighted by atomic mass is 16.2. The number of likely N-dealkylation sites (tertiary alicyclic amines) is 1. The van der Waals surface area contributed by atoms with E-state index in [1.807, 2.05) is 38.2 Å². The van der Waals surface area contributed by atoms with Crippen LogP contribution in [-0.2, 0) is 10.3 Å². The van der Waals surface area contributed by atoms with E-state index in [1.54, 1.807) is 17.3 Å². The lowest BCUT2D eigenvalue weighted by Gasteiger charge is -2.46. The van der Waals surface area contributed by atoms with E-state index < -0.39 is 5.54 Å². The Bertz CT molecular complexity index is 1160.